The van der Waals surface area contributed by atoms with E-state index in [-0.39, 0.29) is 12.5 Å². The van der Waals surface area contributed by atoms with E-state index in [2.05, 4.69) is 25.9 Å². The normalized spacial score (nSPS) is 9.94. The van der Waals surface area contributed by atoms with E-state index in [0.29, 0.717) is 12.4 Å². The third-order valence-electron chi connectivity index (χ3n) is 2.52. The molecule has 0 unspecified atom stereocenters. The molecular formula is C12H21N5O. The Morgan fingerprint density at radius 2 is 2.00 bits per heavy atom. The van der Waals surface area contributed by atoms with Gasteiger partial charge in [-0.1, -0.05) is 13.8 Å². The van der Waals surface area contributed by atoms with Crippen LogP contribution in [0.1, 0.15) is 25.8 Å². The van der Waals surface area contributed by atoms with Crippen LogP contribution in [0.5, 0.6) is 0 Å². The van der Waals surface area contributed by atoms with Crippen LogP contribution >= 0.6 is 0 Å². The fourth-order valence-corrected chi connectivity index (χ4v) is 1.61. The van der Waals surface area contributed by atoms with Crippen molar-refractivity contribution in [3.05, 3.63) is 11.9 Å². The SMILES string of the molecule is CCCNC(=O)CNc1ncnc(NC)c1CC. The Labute approximate surface area is 108 Å². The first-order valence-corrected chi connectivity index (χ1v) is 6.25. The highest BCUT2D eigenvalue weighted by atomic mass is 16.1. The Hall–Kier alpha value is -1.85. The highest BCUT2D eigenvalue weighted by Gasteiger charge is 2.09. The molecule has 0 aromatic carbocycles. The lowest BCUT2D eigenvalue weighted by atomic mass is 10.2. The molecule has 0 saturated carbocycles. The number of carbonyl (C=O) groups is 1. The molecule has 0 fully saturated rings. The van der Waals surface area contributed by atoms with E-state index in [0.717, 1.165) is 24.2 Å². The van der Waals surface area contributed by atoms with Crippen LogP contribution in [-0.4, -0.2) is 36.0 Å². The molecule has 1 aromatic rings. The number of rotatable bonds is 7. The summed E-state index contributed by atoms with van der Waals surface area (Å²) < 4.78 is 0. The largest absolute Gasteiger partial charge is 0.373 e. The van der Waals surface area contributed by atoms with Crippen LogP contribution < -0.4 is 16.0 Å². The third kappa shape index (κ3) is 3.87. The minimum Gasteiger partial charge on any atom is -0.373 e. The summed E-state index contributed by atoms with van der Waals surface area (Å²) in [4.78, 5) is 19.8. The molecular weight excluding hydrogens is 230 g/mol. The minimum atomic E-state index is -0.0245. The summed E-state index contributed by atoms with van der Waals surface area (Å²) in [6.07, 6.45) is 3.22. The number of anilines is 2. The molecule has 1 rings (SSSR count). The van der Waals surface area contributed by atoms with E-state index in [4.69, 9.17) is 0 Å². The molecule has 0 bridgehead atoms. The smallest absolute Gasteiger partial charge is 0.239 e. The molecule has 6 heteroatoms. The summed E-state index contributed by atoms with van der Waals surface area (Å²) in [6.45, 7) is 4.98. The van der Waals surface area contributed by atoms with Crippen LogP contribution in [0.4, 0.5) is 11.6 Å². The highest BCUT2D eigenvalue weighted by molar-refractivity contribution is 5.80. The summed E-state index contributed by atoms with van der Waals surface area (Å²) in [5.41, 5.74) is 0.989. The Bertz CT molecular complexity index is 394. The molecule has 100 valence electrons. The van der Waals surface area contributed by atoms with Gasteiger partial charge >= 0.3 is 0 Å². The lowest BCUT2D eigenvalue weighted by Crippen LogP contribution is -2.30. The van der Waals surface area contributed by atoms with Crippen LogP contribution in [-0.2, 0) is 11.2 Å². The van der Waals surface area contributed by atoms with Crippen LogP contribution in [0.2, 0.25) is 0 Å². The summed E-state index contributed by atoms with van der Waals surface area (Å²) in [7, 11) is 1.82. The molecule has 6 nitrogen and oxygen atoms in total. The average molecular weight is 251 g/mol. The Morgan fingerprint density at radius 1 is 1.28 bits per heavy atom. The summed E-state index contributed by atoms with van der Waals surface area (Å²) in [5, 5.41) is 8.87. The lowest BCUT2D eigenvalue weighted by Gasteiger charge is -2.12. The van der Waals surface area contributed by atoms with Crippen molar-refractivity contribution < 1.29 is 4.79 Å². The second-order valence-electron chi connectivity index (χ2n) is 3.86. The maximum absolute atomic E-state index is 11.5. The second kappa shape index (κ2) is 7.47. The maximum atomic E-state index is 11.5. The van der Waals surface area contributed by atoms with Gasteiger partial charge in [-0.3, -0.25) is 4.79 Å². The van der Waals surface area contributed by atoms with Crippen molar-refractivity contribution in [2.75, 3.05) is 30.8 Å². The van der Waals surface area contributed by atoms with Crippen LogP contribution in [0.3, 0.4) is 0 Å². The van der Waals surface area contributed by atoms with Crippen molar-refractivity contribution in [2.45, 2.75) is 26.7 Å². The fraction of sp³-hybridized carbons (Fsp3) is 0.583. The number of aromatic nitrogens is 2. The zero-order valence-electron chi connectivity index (χ0n) is 11.2. The van der Waals surface area contributed by atoms with Gasteiger partial charge in [0.2, 0.25) is 5.91 Å². The van der Waals surface area contributed by atoms with E-state index in [9.17, 15) is 4.79 Å². The molecule has 3 N–H and O–H groups in total. The number of nitrogens with zero attached hydrogens (tertiary/aromatic N) is 2. The Kier molecular flexibility index (Phi) is 5.90. The van der Waals surface area contributed by atoms with E-state index in [1.807, 2.05) is 20.9 Å². The molecule has 1 heterocycles. The zero-order valence-corrected chi connectivity index (χ0v) is 11.2. The van der Waals surface area contributed by atoms with Crippen molar-refractivity contribution in [1.82, 2.24) is 15.3 Å². The van der Waals surface area contributed by atoms with Gasteiger partial charge in [-0.05, 0) is 12.8 Å². The number of nitrogens with one attached hydrogen (secondary N) is 3. The van der Waals surface area contributed by atoms with Gasteiger partial charge in [-0.15, -0.1) is 0 Å². The quantitative estimate of drug-likeness (QED) is 0.674. The monoisotopic (exact) mass is 251 g/mol. The van der Waals surface area contributed by atoms with Crippen molar-refractivity contribution in [1.29, 1.82) is 0 Å². The first-order valence-electron chi connectivity index (χ1n) is 6.25. The molecule has 0 aliphatic heterocycles. The predicted molar refractivity (Wildman–Crippen MR) is 72.7 cm³/mol. The van der Waals surface area contributed by atoms with Gasteiger partial charge in [0, 0.05) is 19.2 Å². The molecule has 0 atom stereocenters. The molecule has 0 radical (unpaired) electrons. The van der Waals surface area contributed by atoms with Gasteiger partial charge in [-0.25, -0.2) is 9.97 Å². The number of amides is 1. The Morgan fingerprint density at radius 3 is 2.61 bits per heavy atom. The summed E-state index contributed by atoms with van der Waals surface area (Å²) in [6, 6.07) is 0. The van der Waals surface area contributed by atoms with Crippen LogP contribution in [0, 0.1) is 0 Å². The lowest BCUT2D eigenvalue weighted by molar-refractivity contribution is -0.119. The fourth-order valence-electron chi connectivity index (χ4n) is 1.61. The van der Waals surface area contributed by atoms with Gasteiger partial charge in [0.15, 0.2) is 0 Å². The van der Waals surface area contributed by atoms with Crippen molar-refractivity contribution in [2.24, 2.45) is 0 Å². The van der Waals surface area contributed by atoms with Gasteiger partial charge in [0.25, 0.3) is 0 Å². The molecule has 18 heavy (non-hydrogen) atoms. The predicted octanol–water partition coefficient (Wildman–Crippen LogP) is 1.02. The first kappa shape index (κ1) is 14.2. The van der Waals surface area contributed by atoms with Crippen molar-refractivity contribution in [3.8, 4) is 0 Å². The maximum Gasteiger partial charge on any atom is 0.239 e. The average Bonchev–Trinajstić information content (AvgIpc) is 2.41. The second-order valence-corrected chi connectivity index (χ2v) is 3.86. The van der Waals surface area contributed by atoms with E-state index >= 15 is 0 Å². The Balaban J connectivity index is 2.64. The summed E-state index contributed by atoms with van der Waals surface area (Å²) >= 11 is 0. The van der Waals surface area contributed by atoms with Gasteiger partial charge in [-0.2, -0.15) is 0 Å². The van der Waals surface area contributed by atoms with E-state index in [1.54, 1.807) is 0 Å². The molecule has 0 aliphatic carbocycles. The van der Waals surface area contributed by atoms with Crippen molar-refractivity contribution in [3.63, 3.8) is 0 Å². The minimum absolute atomic E-state index is 0.0245. The van der Waals surface area contributed by atoms with Gasteiger partial charge in [0.05, 0.1) is 6.54 Å². The van der Waals surface area contributed by atoms with E-state index in [1.165, 1.54) is 6.33 Å². The number of hydrogen-bond donors (Lipinski definition) is 3. The topological polar surface area (TPSA) is 78.9 Å². The molecule has 0 saturated heterocycles. The molecule has 1 amide bonds. The van der Waals surface area contributed by atoms with Gasteiger partial charge < -0.3 is 16.0 Å². The standard InChI is InChI=1S/C12H21N5O/c1-4-6-14-10(18)7-15-12-9(5-2)11(13-3)16-8-17-12/h8H,4-7H2,1-3H3,(H,14,18)(H2,13,15,16,17). The van der Waals surface area contributed by atoms with Crippen molar-refractivity contribution >= 4 is 17.5 Å². The highest BCUT2D eigenvalue weighted by Crippen LogP contribution is 2.19. The molecule has 1 aromatic heterocycles. The first-order chi connectivity index (χ1) is 8.72. The summed E-state index contributed by atoms with van der Waals surface area (Å²) in [5.74, 6) is 1.48. The molecule has 0 spiro atoms. The zero-order chi connectivity index (χ0) is 13.4. The van der Waals surface area contributed by atoms with Crippen LogP contribution in [0.15, 0.2) is 6.33 Å². The number of carbonyl (C=O) groups excluding carboxylic acids is 1. The van der Waals surface area contributed by atoms with E-state index < -0.39 is 0 Å². The third-order valence-corrected chi connectivity index (χ3v) is 2.52. The number of hydrogen-bond acceptors (Lipinski definition) is 5. The molecule has 0 aliphatic rings. The van der Waals surface area contributed by atoms with Gasteiger partial charge in [0.1, 0.15) is 18.0 Å². The van der Waals surface area contributed by atoms with Crippen LogP contribution in [0.25, 0.3) is 0 Å².